The van der Waals surface area contributed by atoms with Crippen LogP contribution in [0.4, 0.5) is 0 Å². The highest BCUT2D eigenvalue weighted by atomic mass is 35.5. The summed E-state index contributed by atoms with van der Waals surface area (Å²) in [5.74, 6) is 2.07. The van der Waals surface area contributed by atoms with Crippen LogP contribution in [0.1, 0.15) is 44.1 Å². The van der Waals surface area contributed by atoms with Crippen molar-refractivity contribution in [2.75, 3.05) is 13.1 Å². The van der Waals surface area contributed by atoms with E-state index in [-0.39, 0.29) is 11.8 Å². The molecule has 0 aromatic heterocycles. The van der Waals surface area contributed by atoms with E-state index in [1.54, 1.807) is 0 Å². The van der Waals surface area contributed by atoms with E-state index in [4.69, 9.17) is 23.2 Å². The first-order valence-corrected chi connectivity index (χ1v) is 10.3. The predicted molar refractivity (Wildman–Crippen MR) is 102 cm³/mol. The van der Waals surface area contributed by atoms with E-state index in [0.29, 0.717) is 6.04 Å². The van der Waals surface area contributed by atoms with Crippen LogP contribution in [0.2, 0.25) is 10.0 Å². The Morgan fingerprint density at radius 1 is 1.08 bits per heavy atom. The largest absolute Gasteiger partial charge is 0.353 e. The smallest absolute Gasteiger partial charge is 0.223 e. The third-order valence-corrected chi connectivity index (χ3v) is 7.18. The number of benzene rings is 1. The first kappa shape index (κ1) is 17.6. The molecule has 3 fully saturated rings. The van der Waals surface area contributed by atoms with Crippen molar-refractivity contribution in [3.63, 3.8) is 0 Å². The van der Waals surface area contributed by atoms with Gasteiger partial charge in [-0.1, -0.05) is 35.7 Å². The maximum atomic E-state index is 12.6. The maximum absolute atomic E-state index is 12.6. The molecule has 1 amide bonds. The zero-order chi connectivity index (χ0) is 17.4. The number of nitrogens with one attached hydrogen (secondary N) is 1. The summed E-state index contributed by atoms with van der Waals surface area (Å²) in [7, 11) is 0. The molecule has 5 heteroatoms. The lowest BCUT2D eigenvalue weighted by atomic mass is 9.92. The van der Waals surface area contributed by atoms with Crippen molar-refractivity contribution in [3.05, 3.63) is 33.8 Å². The number of likely N-dealkylation sites (tertiary alicyclic amines) is 1. The molecule has 25 heavy (non-hydrogen) atoms. The van der Waals surface area contributed by atoms with Crippen LogP contribution in [0.3, 0.4) is 0 Å². The molecule has 3 nitrogen and oxygen atoms in total. The molecule has 3 unspecified atom stereocenters. The number of fused-ring (bicyclic) bond motifs is 2. The lowest BCUT2D eigenvalue weighted by molar-refractivity contribution is -0.127. The number of carbonyl (C=O) groups excluding carboxylic acids is 1. The van der Waals surface area contributed by atoms with Crippen molar-refractivity contribution in [2.24, 2.45) is 17.8 Å². The Morgan fingerprint density at radius 3 is 2.40 bits per heavy atom. The Morgan fingerprint density at radius 2 is 1.80 bits per heavy atom. The van der Waals surface area contributed by atoms with Crippen molar-refractivity contribution < 1.29 is 4.79 Å². The number of halogens is 2. The molecular formula is C20H26Cl2N2O. The number of hydrogen-bond acceptors (Lipinski definition) is 2. The summed E-state index contributed by atoms with van der Waals surface area (Å²) >= 11 is 12.6. The number of carbonyl (C=O) groups is 1. The van der Waals surface area contributed by atoms with Gasteiger partial charge in [0.15, 0.2) is 0 Å². The average molecular weight is 381 g/mol. The zero-order valence-electron chi connectivity index (χ0n) is 14.5. The van der Waals surface area contributed by atoms with Gasteiger partial charge in [0.2, 0.25) is 5.91 Å². The highest BCUT2D eigenvalue weighted by molar-refractivity contribution is 6.35. The van der Waals surface area contributed by atoms with Crippen LogP contribution in [0.5, 0.6) is 0 Å². The van der Waals surface area contributed by atoms with E-state index >= 15 is 0 Å². The Hall–Kier alpha value is -0.770. The van der Waals surface area contributed by atoms with Gasteiger partial charge in [-0.25, -0.2) is 0 Å². The van der Waals surface area contributed by atoms with E-state index < -0.39 is 0 Å². The molecule has 1 saturated heterocycles. The average Bonchev–Trinajstić information content (AvgIpc) is 3.22. The Bertz CT molecular complexity index is 622. The van der Waals surface area contributed by atoms with Crippen LogP contribution >= 0.6 is 23.2 Å². The summed E-state index contributed by atoms with van der Waals surface area (Å²) in [6.45, 7) is 2.62. The van der Waals surface area contributed by atoms with Gasteiger partial charge in [-0.2, -0.15) is 0 Å². The van der Waals surface area contributed by atoms with E-state index in [0.717, 1.165) is 59.9 Å². The maximum Gasteiger partial charge on any atom is 0.223 e. The van der Waals surface area contributed by atoms with E-state index in [1.165, 1.54) is 25.7 Å². The predicted octanol–water partition coefficient (Wildman–Crippen LogP) is 4.51. The van der Waals surface area contributed by atoms with Crippen molar-refractivity contribution in [1.29, 1.82) is 0 Å². The van der Waals surface area contributed by atoms with Crippen molar-refractivity contribution in [1.82, 2.24) is 10.2 Å². The molecule has 0 spiro atoms. The lowest BCUT2D eigenvalue weighted by Crippen LogP contribution is -2.45. The molecule has 3 atom stereocenters. The third-order valence-electron chi connectivity index (χ3n) is 6.47. The second-order valence-electron chi connectivity index (χ2n) is 8.04. The van der Waals surface area contributed by atoms with Gasteiger partial charge in [0.25, 0.3) is 0 Å². The first-order valence-electron chi connectivity index (χ1n) is 9.56. The highest BCUT2D eigenvalue weighted by Crippen LogP contribution is 2.44. The molecule has 1 aliphatic heterocycles. The summed E-state index contributed by atoms with van der Waals surface area (Å²) < 4.78 is 0. The lowest BCUT2D eigenvalue weighted by Gasteiger charge is -2.33. The van der Waals surface area contributed by atoms with Crippen LogP contribution in [0.15, 0.2) is 18.2 Å². The Kier molecular flexibility index (Phi) is 5.26. The summed E-state index contributed by atoms with van der Waals surface area (Å²) in [5.41, 5.74) is 0.996. The summed E-state index contributed by atoms with van der Waals surface area (Å²) in [6.07, 6.45) is 7.08. The molecular weight excluding hydrogens is 355 g/mol. The minimum Gasteiger partial charge on any atom is -0.353 e. The van der Waals surface area contributed by atoms with Gasteiger partial charge in [0.05, 0.1) is 0 Å². The fourth-order valence-electron chi connectivity index (χ4n) is 4.98. The van der Waals surface area contributed by atoms with E-state index in [9.17, 15) is 4.79 Å². The third kappa shape index (κ3) is 3.84. The van der Waals surface area contributed by atoms with Crippen LogP contribution in [-0.2, 0) is 11.3 Å². The molecule has 2 aliphatic carbocycles. The Labute approximate surface area is 160 Å². The van der Waals surface area contributed by atoms with Gasteiger partial charge >= 0.3 is 0 Å². The highest BCUT2D eigenvalue weighted by Gasteiger charge is 2.40. The molecule has 1 N–H and O–H groups in total. The number of amides is 1. The van der Waals surface area contributed by atoms with Crippen molar-refractivity contribution in [3.8, 4) is 0 Å². The number of piperidine rings is 1. The molecule has 1 aromatic carbocycles. The minimum absolute atomic E-state index is 0.164. The quantitative estimate of drug-likeness (QED) is 0.832. The fraction of sp³-hybridized carbons (Fsp3) is 0.650. The van der Waals surface area contributed by atoms with Gasteiger partial charge in [-0.3, -0.25) is 9.69 Å². The molecule has 2 bridgehead atoms. The second kappa shape index (κ2) is 7.46. The zero-order valence-corrected chi connectivity index (χ0v) is 16.0. The summed E-state index contributed by atoms with van der Waals surface area (Å²) in [4.78, 5) is 15.0. The molecule has 1 aromatic rings. The Balaban J connectivity index is 1.27. The van der Waals surface area contributed by atoms with Crippen molar-refractivity contribution in [2.45, 2.75) is 51.1 Å². The first-order chi connectivity index (χ1) is 12.1. The topological polar surface area (TPSA) is 32.3 Å². The van der Waals surface area contributed by atoms with Crippen LogP contribution in [0.25, 0.3) is 0 Å². The van der Waals surface area contributed by atoms with Crippen LogP contribution < -0.4 is 5.32 Å². The molecule has 136 valence electrons. The number of nitrogens with zero attached hydrogens (tertiary/aromatic N) is 1. The second-order valence-corrected chi connectivity index (χ2v) is 8.85. The van der Waals surface area contributed by atoms with Crippen molar-refractivity contribution >= 4 is 29.1 Å². The fourth-order valence-corrected chi connectivity index (χ4v) is 5.50. The van der Waals surface area contributed by atoms with Crippen LogP contribution in [0, 0.1) is 17.8 Å². The molecule has 3 aliphatic rings. The van der Waals surface area contributed by atoms with E-state index in [2.05, 4.69) is 10.2 Å². The molecule has 0 radical (unpaired) electrons. The summed E-state index contributed by atoms with van der Waals surface area (Å²) in [6, 6.07) is 6.10. The molecule has 2 saturated carbocycles. The molecule has 1 heterocycles. The normalized spacial score (nSPS) is 29.9. The molecule has 4 rings (SSSR count). The van der Waals surface area contributed by atoms with E-state index in [1.807, 2.05) is 18.2 Å². The van der Waals surface area contributed by atoms with Gasteiger partial charge < -0.3 is 5.32 Å². The van der Waals surface area contributed by atoms with Crippen LogP contribution in [-0.4, -0.2) is 29.9 Å². The van der Waals surface area contributed by atoms with Gasteiger partial charge in [-0.05, 0) is 69.2 Å². The standard InChI is InChI=1S/C20H26Cl2N2O/c21-17-2-1-3-18(22)16(17)12-24-8-6-14(7-9-24)20(25)23-19-11-13-4-5-15(19)10-13/h1-3,13-15,19H,4-12H2,(H,23,25). The SMILES string of the molecule is O=C(NC1CC2CCC1C2)C1CCN(Cc2c(Cl)cccc2Cl)CC1. The number of rotatable bonds is 4. The van der Waals surface area contributed by atoms with Gasteiger partial charge in [0.1, 0.15) is 0 Å². The van der Waals surface area contributed by atoms with Gasteiger partial charge in [0, 0.05) is 34.1 Å². The monoisotopic (exact) mass is 380 g/mol. The van der Waals surface area contributed by atoms with Gasteiger partial charge in [-0.15, -0.1) is 0 Å². The summed E-state index contributed by atoms with van der Waals surface area (Å²) in [5, 5.41) is 4.81. The minimum atomic E-state index is 0.164. The number of hydrogen-bond donors (Lipinski definition) is 1.